The lowest BCUT2D eigenvalue weighted by Gasteiger charge is -2.31. The van der Waals surface area contributed by atoms with E-state index in [-0.39, 0.29) is 11.8 Å². The zero-order valence-corrected chi connectivity index (χ0v) is 25.3. The van der Waals surface area contributed by atoms with Gasteiger partial charge in [-0.25, -0.2) is 9.67 Å². The minimum atomic E-state index is -0.310. The maximum Gasteiger partial charge on any atom is 0.247 e. The second kappa shape index (κ2) is 13.1. The Morgan fingerprint density at radius 3 is 2.58 bits per heavy atom. The highest BCUT2D eigenvalue weighted by molar-refractivity contribution is 6.34. The van der Waals surface area contributed by atoms with Crippen LogP contribution in [0.5, 0.6) is 5.75 Å². The number of hydrogen-bond donors (Lipinski definition) is 2. The molecular weight excluding hydrogens is 542 g/mol. The number of nitrogens with one attached hydrogen (secondary N) is 2. The molecule has 3 heterocycles. The number of nitrogens with zero attached hydrogens (tertiary/aromatic N) is 6. The first kappa shape index (κ1) is 29.9. The number of aromatic nitrogens is 4. The molecule has 0 radical (unpaired) electrons. The van der Waals surface area contributed by atoms with Crippen LogP contribution in [0.1, 0.15) is 11.5 Å². The van der Waals surface area contributed by atoms with Crippen molar-refractivity contribution in [1.29, 1.82) is 0 Å². The van der Waals surface area contributed by atoms with Crippen LogP contribution in [0.3, 0.4) is 0 Å². The normalized spacial score (nSPS) is 13.9. The molecule has 1 aliphatic rings. The maximum atomic E-state index is 12.3. The Kier molecular flexibility index (Phi) is 9.13. The Balaban J connectivity index is 1.53. The molecule has 1 unspecified atom stereocenters. The van der Waals surface area contributed by atoms with Crippen LogP contribution in [0.25, 0.3) is 17.1 Å². The van der Waals surface area contributed by atoms with E-state index in [1.807, 2.05) is 41.1 Å². The summed E-state index contributed by atoms with van der Waals surface area (Å²) < 4.78 is 13.1. The van der Waals surface area contributed by atoms with Crippen LogP contribution in [-0.4, -0.2) is 93.8 Å². The number of anilines is 4. The molecule has 4 aromatic rings. The largest absolute Gasteiger partial charge is 0.494 e. The van der Waals surface area contributed by atoms with Crippen LogP contribution in [0.2, 0.25) is 0 Å². The zero-order chi connectivity index (χ0) is 30.5. The fourth-order valence-electron chi connectivity index (χ4n) is 5.14. The first-order chi connectivity index (χ1) is 20.8. The van der Waals surface area contributed by atoms with Crippen LogP contribution in [0.4, 0.5) is 23.0 Å². The van der Waals surface area contributed by atoms with E-state index >= 15 is 0 Å². The summed E-state index contributed by atoms with van der Waals surface area (Å²) in [6.45, 7) is 6.19. The highest BCUT2D eigenvalue weighted by atomic mass is 16.5. The van der Waals surface area contributed by atoms with Gasteiger partial charge in [0.1, 0.15) is 13.6 Å². The van der Waals surface area contributed by atoms with E-state index in [1.54, 1.807) is 13.3 Å². The average molecular weight is 578 g/mol. The van der Waals surface area contributed by atoms with Crippen LogP contribution in [-0.2, 0) is 9.53 Å². The van der Waals surface area contributed by atoms with Crippen molar-refractivity contribution in [2.24, 2.45) is 0 Å². The minimum absolute atomic E-state index is 0.127. The molecule has 1 aliphatic heterocycles. The van der Waals surface area contributed by atoms with E-state index in [0.29, 0.717) is 55.2 Å². The Hall–Kier alpha value is -4.61. The second-order valence-corrected chi connectivity index (χ2v) is 10.5. The molecule has 1 fully saturated rings. The summed E-state index contributed by atoms with van der Waals surface area (Å²) in [7, 11) is 9.96. The van der Waals surface area contributed by atoms with E-state index in [0.717, 1.165) is 28.1 Å². The van der Waals surface area contributed by atoms with Gasteiger partial charge >= 0.3 is 0 Å². The van der Waals surface area contributed by atoms with E-state index < -0.39 is 0 Å². The number of carbonyl (C=O) groups is 1. The van der Waals surface area contributed by atoms with Crippen molar-refractivity contribution in [1.82, 2.24) is 24.6 Å². The van der Waals surface area contributed by atoms with Gasteiger partial charge in [-0.15, -0.1) is 0 Å². The Bertz CT molecular complexity index is 1610. The number of carbonyl (C=O) groups excluding carboxylic acids is 1. The predicted molar refractivity (Wildman–Crippen MR) is 176 cm³/mol. The summed E-state index contributed by atoms with van der Waals surface area (Å²) in [6.07, 6.45) is 2.94. The molecule has 2 N–H and O–H groups in total. The van der Waals surface area contributed by atoms with Gasteiger partial charge in [-0.05, 0) is 26.2 Å². The minimum Gasteiger partial charge on any atom is -0.494 e. The summed E-state index contributed by atoms with van der Waals surface area (Å²) in [5, 5.41) is 11.3. The summed E-state index contributed by atoms with van der Waals surface area (Å²) in [6, 6.07) is 15.7. The molecular formula is C30H36B2N8O3. The van der Waals surface area contributed by atoms with E-state index in [9.17, 15) is 4.79 Å². The molecule has 1 atom stereocenters. The molecule has 2 aromatic carbocycles. The van der Waals surface area contributed by atoms with E-state index in [2.05, 4.69) is 73.9 Å². The van der Waals surface area contributed by atoms with Gasteiger partial charge in [0.2, 0.25) is 11.9 Å². The number of benzene rings is 2. The van der Waals surface area contributed by atoms with Crippen molar-refractivity contribution in [3.05, 3.63) is 72.9 Å². The third-order valence-electron chi connectivity index (χ3n) is 7.62. The van der Waals surface area contributed by atoms with Gasteiger partial charge in [0.15, 0.2) is 13.7 Å². The van der Waals surface area contributed by atoms with Crippen LogP contribution < -0.4 is 25.9 Å². The van der Waals surface area contributed by atoms with Crippen LogP contribution in [0, 0.1) is 0 Å². The van der Waals surface area contributed by atoms with Crippen molar-refractivity contribution in [3.63, 3.8) is 0 Å². The maximum absolute atomic E-state index is 12.3. The summed E-state index contributed by atoms with van der Waals surface area (Å²) in [5.74, 6) is 1.37. The Morgan fingerprint density at radius 2 is 1.91 bits per heavy atom. The average Bonchev–Trinajstić information content (AvgIpc) is 3.38. The number of hydrogen-bond acceptors (Lipinski definition) is 9. The summed E-state index contributed by atoms with van der Waals surface area (Å²) in [5.41, 5.74) is 6.12. The Morgan fingerprint density at radius 1 is 1.16 bits per heavy atom. The standard InChI is InChI=1S/C30H36B2N8O3/c1-5-25(41)34-20-17-21(23(42-4)18-22(20)39-13-15-43-16-14-39)35-30-33-12-11-24(36-30)40-29(32)26(28(31)38(2)3)27(37-40)19-9-7-6-8-10-19/h5-12,17-18,28H,1,13-16,31-32H2,2-4H3,(H,34,41)(H,33,35,36). The van der Waals surface area contributed by atoms with Gasteiger partial charge in [0.05, 0.1) is 43.1 Å². The SMILES string of the molecule is Bc1c(C(B)N(C)C)c(-c2ccccc2)nn1-c1ccnc(Nc2cc(NC(=O)C=C)c(N3CCOCC3)cc2OC)n1. The first-order valence-electron chi connectivity index (χ1n) is 14.2. The summed E-state index contributed by atoms with van der Waals surface area (Å²) in [4.78, 5) is 26.0. The Labute approximate surface area is 253 Å². The number of amides is 1. The molecule has 220 valence electrons. The van der Waals surface area contributed by atoms with Gasteiger partial charge < -0.3 is 29.9 Å². The van der Waals surface area contributed by atoms with Crippen LogP contribution in [0.15, 0.2) is 67.4 Å². The lowest BCUT2D eigenvalue weighted by molar-refractivity contribution is -0.111. The predicted octanol–water partition coefficient (Wildman–Crippen LogP) is 1.49. The van der Waals surface area contributed by atoms with Crippen molar-refractivity contribution in [3.8, 4) is 22.8 Å². The molecule has 5 rings (SSSR count). The van der Waals surface area contributed by atoms with E-state index in [1.165, 1.54) is 6.08 Å². The summed E-state index contributed by atoms with van der Waals surface area (Å²) >= 11 is 0. The third-order valence-corrected chi connectivity index (χ3v) is 7.62. The van der Waals surface area contributed by atoms with Crippen molar-refractivity contribution in [2.45, 2.75) is 5.94 Å². The van der Waals surface area contributed by atoms with Gasteiger partial charge in [0, 0.05) is 54.1 Å². The molecule has 0 bridgehead atoms. The first-order valence-corrected chi connectivity index (χ1v) is 14.2. The number of methoxy groups -OCH3 is 1. The van der Waals surface area contributed by atoms with Crippen molar-refractivity contribution in [2.75, 3.05) is 63.0 Å². The molecule has 1 amide bonds. The number of morpholine rings is 1. The smallest absolute Gasteiger partial charge is 0.247 e. The second-order valence-electron chi connectivity index (χ2n) is 10.5. The van der Waals surface area contributed by atoms with Gasteiger partial charge in [-0.3, -0.25) is 4.79 Å². The topological polar surface area (TPSA) is 110 Å². The van der Waals surface area contributed by atoms with Crippen LogP contribution >= 0.6 is 0 Å². The van der Waals surface area contributed by atoms with Crippen molar-refractivity contribution >= 4 is 50.2 Å². The monoisotopic (exact) mass is 578 g/mol. The lowest BCUT2D eigenvalue weighted by atomic mass is 9.81. The lowest BCUT2D eigenvalue weighted by Crippen LogP contribution is -2.36. The van der Waals surface area contributed by atoms with Crippen molar-refractivity contribution < 1.29 is 14.3 Å². The molecule has 11 nitrogen and oxygen atoms in total. The highest BCUT2D eigenvalue weighted by Crippen LogP contribution is 2.38. The van der Waals surface area contributed by atoms with Gasteiger partial charge in [-0.2, -0.15) is 10.1 Å². The molecule has 13 heteroatoms. The third kappa shape index (κ3) is 6.42. The molecule has 0 spiro atoms. The van der Waals surface area contributed by atoms with Gasteiger partial charge in [-0.1, -0.05) is 36.9 Å². The number of ether oxygens (including phenoxy) is 2. The number of rotatable bonds is 10. The quantitative estimate of drug-likeness (QED) is 0.214. The molecule has 1 saturated heterocycles. The van der Waals surface area contributed by atoms with E-state index in [4.69, 9.17) is 19.6 Å². The molecule has 0 aliphatic carbocycles. The fraction of sp³-hybridized carbons (Fsp3) is 0.267. The zero-order valence-electron chi connectivity index (χ0n) is 25.3. The fourth-order valence-corrected chi connectivity index (χ4v) is 5.14. The highest BCUT2D eigenvalue weighted by Gasteiger charge is 2.24. The molecule has 2 aromatic heterocycles. The molecule has 0 saturated carbocycles. The molecule has 43 heavy (non-hydrogen) atoms. The van der Waals surface area contributed by atoms with Gasteiger partial charge in [0.25, 0.3) is 0 Å².